The Balaban J connectivity index is 1.72. The van der Waals surface area contributed by atoms with E-state index in [0.717, 1.165) is 24.1 Å². The van der Waals surface area contributed by atoms with Crippen molar-refractivity contribution in [1.82, 2.24) is 10.6 Å². The lowest BCUT2D eigenvalue weighted by Gasteiger charge is -2.11. The van der Waals surface area contributed by atoms with Gasteiger partial charge in [0.15, 0.2) is 5.11 Å². The normalized spacial score (nSPS) is 11.1. The third-order valence-corrected chi connectivity index (χ3v) is 3.57. The van der Waals surface area contributed by atoms with Crippen LogP contribution in [0.3, 0.4) is 0 Å². The maximum atomic E-state index is 12.5. The largest absolute Gasteiger partial charge is 0.416 e. The maximum absolute atomic E-state index is 12.5. The number of benzene rings is 2. The van der Waals surface area contributed by atoms with Crippen molar-refractivity contribution in [2.45, 2.75) is 19.1 Å². The number of halogens is 3. The van der Waals surface area contributed by atoms with Gasteiger partial charge >= 0.3 is 6.18 Å². The van der Waals surface area contributed by atoms with Gasteiger partial charge < -0.3 is 10.6 Å². The molecule has 0 amide bonds. The Morgan fingerprint density at radius 3 is 2.13 bits per heavy atom. The Bertz CT molecular complexity index is 625. The minimum absolute atomic E-state index is 0.384. The van der Waals surface area contributed by atoms with Crippen molar-refractivity contribution in [3.8, 4) is 0 Å². The van der Waals surface area contributed by atoms with Crippen molar-refractivity contribution in [1.29, 1.82) is 0 Å². The first-order chi connectivity index (χ1) is 10.9. The van der Waals surface area contributed by atoms with Crippen molar-refractivity contribution in [3.05, 3.63) is 71.3 Å². The second-order valence-electron chi connectivity index (χ2n) is 5.04. The topological polar surface area (TPSA) is 24.1 Å². The molecule has 2 N–H and O–H groups in total. The van der Waals surface area contributed by atoms with Crippen molar-refractivity contribution >= 4 is 17.3 Å². The van der Waals surface area contributed by atoms with Crippen LogP contribution in [0.1, 0.15) is 16.7 Å². The van der Waals surface area contributed by atoms with E-state index in [2.05, 4.69) is 10.6 Å². The zero-order chi connectivity index (χ0) is 16.7. The standard InChI is InChI=1S/C17H17F3N2S/c18-17(19,20)15-8-6-14(7-9-15)12-22-16(23)21-11-10-13-4-2-1-3-5-13/h1-9H,10-12H2,(H2,21,22,23). The first kappa shape index (κ1) is 17.3. The summed E-state index contributed by atoms with van der Waals surface area (Å²) in [6.45, 7) is 1.08. The molecule has 0 radical (unpaired) electrons. The average molecular weight is 338 g/mol. The van der Waals surface area contributed by atoms with Crippen LogP contribution in [0.15, 0.2) is 54.6 Å². The summed E-state index contributed by atoms with van der Waals surface area (Å²) in [5.74, 6) is 0. The fourth-order valence-electron chi connectivity index (χ4n) is 2.02. The lowest BCUT2D eigenvalue weighted by molar-refractivity contribution is -0.137. The maximum Gasteiger partial charge on any atom is 0.416 e. The van der Waals surface area contributed by atoms with E-state index >= 15 is 0 Å². The molecule has 2 aromatic carbocycles. The summed E-state index contributed by atoms with van der Waals surface area (Å²) < 4.78 is 37.4. The van der Waals surface area contributed by atoms with E-state index in [1.807, 2.05) is 30.3 Å². The van der Waals surface area contributed by atoms with Gasteiger partial charge in [0, 0.05) is 13.1 Å². The Hall–Kier alpha value is -2.08. The van der Waals surface area contributed by atoms with Crippen molar-refractivity contribution in [2.24, 2.45) is 0 Å². The average Bonchev–Trinajstić information content (AvgIpc) is 2.53. The van der Waals surface area contributed by atoms with Crippen LogP contribution < -0.4 is 10.6 Å². The molecule has 0 heterocycles. The number of hydrogen-bond donors (Lipinski definition) is 2. The van der Waals surface area contributed by atoms with E-state index in [0.29, 0.717) is 18.2 Å². The molecule has 6 heteroatoms. The molecule has 0 bridgehead atoms. The summed E-state index contributed by atoms with van der Waals surface area (Å²) in [4.78, 5) is 0. The van der Waals surface area contributed by atoms with E-state index in [-0.39, 0.29) is 0 Å². The molecule has 2 rings (SSSR count). The molecule has 0 aliphatic heterocycles. The molecule has 0 atom stereocenters. The SMILES string of the molecule is FC(F)(F)c1ccc(CNC(=S)NCCc2ccccc2)cc1. The van der Waals surface area contributed by atoms with Gasteiger partial charge in [-0.25, -0.2) is 0 Å². The van der Waals surface area contributed by atoms with Gasteiger partial charge in [0.05, 0.1) is 5.56 Å². The number of alkyl halides is 3. The van der Waals surface area contributed by atoms with E-state index in [1.54, 1.807) is 0 Å². The summed E-state index contributed by atoms with van der Waals surface area (Å²) >= 11 is 5.15. The predicted octanol–water partition coefficient (Wildman–Crippen LogP) is 3.91. The second kappa shape index (κ2) is 7.97. The van der Waals surface area contributed by atoms with Crippen LogP contribution >= 0.6 is 12.2 Å². The van der Waals surface area contributed by atoms with Crippen LogP contribution in [0.25, 0.3) is 0 Å². The molecule has 0 saturated carbocycles. The summed E-state index contributed by atoms with van der Waals surface area (Å²) in [6, 6.07) is 15.1. The smallest absolute Gasteiger partial charge is 0.362 e. The highest BCUT2D eigenvalue weighted by molar-refractivity contribution is 7.80. The van der Waals surface area contributed by atoms with E-state index < -0.39 is 11.7 Å². The third-order valence-electron chi connectivity index (χ3n) is 3.28. The van der Waals surface area contributed by atoms with Crippen LogP contribution in [0, 0.1) is 0 Å². The van der Waals surface area contributed by atoms with Crippen molar-refractivity contribution in [2.75, 3.05) is 6.54 Å². The molecule has 2 aromatic rings. The van der Waals surface area contributed by atoms with Gasteiger partial charge in [-0.3, -0.25) is 0 Å². The molecule has 23 heavy (non-hydrogen) atoms. The van der Waals surface area contributed by atoms with Gasteiger partial charge in [-0.2, -0.15) is 13.2 Å². The van der Waals surface area contributed by atoms with Crippen LogP contribution in [0.5, 0.6) is 0 Å². The van der Waals surface area contributed by atoms with Crippen LogP contribution in [-0.2, 0) is 19.1 Å². The minimum atomic E-state index is -4.31. The molecule has 0 saturated heterocycles. The second-order valence-corrected chi connectivity index (χ2v) is 5.45. The Morgan fingerprint density at radius 2 is 1.52 bits per heavy atom. The molecule has 2 nitrogen and oxygen atoms in total. The summed E-state index contributed by atoms with van der Waals surface area (Å²) in [5, 5.41) is 6.55. The molecule has 0 aliphatic rings. The fraction of sp³-hybridized carbons (Fsp3) is 0.235. The van der Waals surface area contributed by atoms with Crippen molar-refractivity contribution in [3.63, 3.8) is 0 Å². The van der Waals surface area contributed by atoms with Crippen LogP contribution in [-0.4, -0.2) is 11.7 Å². The summed E-state index contributed by atoms with van der Waals surface area (Å²) in [5.41, 5.74) is 1.31. The monoisotopic (exact) mass is 338 g/mol. The highest BCUT2D eigenvalue weighted by Crippen LogP contribution is 2.28. The quantitative estimate of drug-likeness (QED) is 0.808. The molecular weight excluding hydrogens is 321 g/mol. The Kier molecular flexibility index (Phi) is 5.98. The van der Waals surface area contributed by atoms with Gasteiger partial charge in [-0.1, -0.05) is 42.5 Å². The molecular formula is C17H17F3N2S. The highest BCUT2D eigenvalue weighted by Gasteiger charge is 2.29. The molecule has 0 spiro atoms. The van der Waals surface area contributed by atoms with E-state index in [4.69, 9.17) is 12.2 Å². The molecule has 0 unspecified atom stereocenters. The van der Waals surface area contributed by atoms with E-state index in [1.165, 1.54) is 17.7 Å². The molecule has 122 valence electrons. The van der Waals surface area contributed by atoms with Gasteiger partial charge in [0.2, 0.25) is 0 Å². The number of rotatable bonds is 5. The van der Waals surface area contributed by atoms with Gasteiger partial charge in [-0.15, -0.1) is 0 Å². The van der Waals surface area contributed by atoms with Gasteiger partial charge in [0.1, 0.15) is 0 Å². The minimum Gasteiger partial charge on any atom is -0.362 e. The summed E-state index contributed by atoms with van der Waals surface area (Å²) in [7, 11) is 0. The predicted molar refractivity (Wildman–Crippen MR) is 89.0 cm³/mol. The molecule has 0 aliphatic carbocycles. The Labute approximate surface area is 138 Å². The number of hydrogen-bond acceptors (Lipinski definition) is 1. The zero-order valence-electron chi connectivity index (χ0n) is 12.4. The van der Waals surface area contributed by atoms with Gasteiger partial charge in [-0.05, 0) is 41.9 Å². The highest BCUT2D eigenvalue weighted by atomic mass is 32.1. The van der Waals surface area contributed by atoms with Crippen LogP contribution in [0.2, 0.25) is 0 Å². The number of nitrogens with one attached hydrogen (secondary N) is 2. The first-order valence-electron chi connectivity index (χ1n) is 7.17. The van der Waals surface area contributed by atoms with Crippen molar-refractivity contribution < 1.29 is 13.2 Å². The Morgan fingerprint density at radius 1 is 0.870 bits per heavy atom. The fourth-order valence-corrected chi connectivity index (χ4v) is 2.20. The lowest BCUT2D eigenvalue weighted by atomic mass is 10.1. The van der Waals surface area contributed by atoms with E-state index in [9.17, 15) is 13.2 Å². The summed E-state index contributed by atoms with van der Waals surface area (Å²) in [6.07, 6.45) is -3.46. The zero-order valence-corrected chi connectivity index (χ0v) is 13.2. The van der Waals surface area contributed by atoms with Gasteiger partial charge in [0.25, 0.3) is 0 Å². The first-order valence-corrected chi connectivity index (χ1v) is 7.58. The third kappa shape index (κ3) is 5.90. The lowest BCUT2D eigenvalue weighted by Crippen LogP contribution is -2.35. The number of thiocarbonyl (C=S) groups is 1. The molecule has 0 fully saturated rings. The molecule has 0 aromatic heterocycles. The van der Waals surface area contributed by atoms with Crippen LogP contribution in [0.4, 0.5) is 13.2 Å².